The van der Waals surface area contributed by atoms with Gasteiger partial charge in [-0.05, 0) is 18.6 Å². The maximum atomic E-state index is 12.0. The van der Waals surface area contributed by atoms with Crippen LogP contribution in [-0.2, 0) is 5.88 Å². The lowest BCUT2D eigenvalue weighted by atomic mass is 10.1. The molecule has 0 aliphatic heterocycles. The summed E-state index contributed by atoms with van der Waals surface area (Å²) >= 11 is 6.88. The van der Waals surface area contributed by atoms with Gasteiger partial charge < -0.3 is 0 Å². The van der Waals surface area contributed by atoms with Crippen molar-refractivity contribution in [2.75, 3.05) is 5.32 Å². The predicted molar refractivity (Wildman–Crippen MR) is 77.5 cm³/mol. The highest BCUT2D eigenvalue weighted by atomic mass is 35.5. The number of halogens is 1. The minimum absolute atomic E-state index is 0.115. The lowest BCUT2D eigenvalue weighted by Crippen LogP contribution is -2.12. The zero-order valence-corrected chi connectivity index (χ0v) is 12.0. The number of nitrogens with zero attached hydrogens (tertiary/aromatic N) is 2. The monoisotopic (exact) mass is 311 g/mol. The molecule has 1 aromatic heterocycles. The number of nitro benzene ring substituents is 1. The molecule has 0 saturated carbocycles. The highest BCUT2D eigenvalue weighted by Crippen LogP contribution is 2.20. The molecule has 2 aromatic rings. The van der Waals surface area contributed by atoms with Gasteiger partial charge in [0.15, 0.2) is 5.13 Å². The molecule has 0 spiro atoms. The van der Waals surface area contributed by atoms with Crippen molar-refractivity contribution >= 4 is 39.7 Å². The van der Waals surface area contributed by atoms with Gasteiger partial charge in [-0.2, -0.15) is 0 Å². The number of carbonyl (C=O) groups is 1. The van der Waals surface area contributed by atoms with Crippen molar-refractivity contribution in [3.63, 3.8) is 0 Å². The number of benzene rings is 1. The quantitative estimate of drug-likeness (QED) is 0.533. The molecule has 20 heavy (non-hydrogen) atoms. The highest BCUT2D eigenvalue weighted by molar-refractivity contribution is 7.14. The fourth-order valence-corrected chi connectivity index (χ4v) is 2.53. The zero-order chi connectivity index (χ0) is 14.7. The predicted octanol–water partition coefficient (Wildman–Crippen LogP) is 3.35. The molecule has 0 fully saturated rings. The Morgan fingerprint density at radius 1 is 1.50 bits per heavy atom. The van der Waals surface area contributed by atoms with Crippen LogP contribution in [0.2, 0.25) is 0 Å². The maximum absolute atomic E-state index is 12.0. The van der Waals surface area contributed by atoms with Crippen LogP contribution in [0.1, 0.15) is 21.6 Å². The van der Waals surface area contributed by atoms with Crippen LogP contribution in [0.3, 0.4) is 0 Å². The minimum atomic E-state index is -0.529. The molecule has 1 amide bonds. The number of thiazole rings is 1. The molecule has 0 unspecified atom stereocenters. The number of aromatic nitrogens is 1. The molecule has 0 atom stereocenters. The molecule has 0 radical (unpaired) electrons. The summed E-state index contributed by atoms with van der Waals surface area (Å²) in [6.45, 7) is 1.69. The molecule has 104 valence electrons. The first-order chi connectivity index (χ1) is 9.49. The van der Waals surface area contributed by atoms with Gasteiger partial charge in [-0.3, -0.25) is 20.2 Å². The third kappa shape index (κ3) is 3.31. The Hall–Kier alpha value is -1.99. The SMILES string of the molecule is Cc1cc(C(=O)Nc2nc(CCl)cs2)cc([N+](=O)[O-])c1. The number of amides is 1. The molecule has 0 bridgehead atoms. The summed E-state index contributed by atoms with van der Waals surface area (Å²) in [5, 5.41) is 15.5. The second-order valence-corrected chi connectivity index (χ2v) is 5.17. The Bertz CT molecular complexity index is 672. The number of anilines is 1. The Balaban J connectivity index is 2.22. The fraction of sp³-hybridized carbons (Fsp3) is 0.167. The third-order valence-electron chi connectivity index (χ3n) is 2.44. The van der Waals surface area contributed by atoms with E-state index in [0.29, 0.717) is 16.4 Å². The average molecular weight is 312 g/mol. The van der Waals surface area contributed by atoms with E-state index in [-0.39, 0.29) is 17.1 Å². The van der Waals surface area contributed by atoms with Crippen LogP contribution in [0.5, 0.6) is 0 Å². The molecule has 1 heterocycles. The van der Waals surface area contributed by atoms with Gasteiger partial charge in [-0.15, -0.1) is 22.9 Å². The Kier molecular flexibility index (Phi) is 4.31. The van der Waals surface area contributed by atoms with Gasteiger partial charge in [0.25, 0.3) is 11.6 Å². The first-order valence-electron chi connectivity index (χ1n) is 5.57. The first-order valence-corrected chi connectivity index (χ1v) is 6.99. The van der Waals surface area contributed by atoms with Gasteiger partial charge in [-0.1, -0.05) is 0 Å². The molecule has 6 nitrogen and oxygen atoms in total. The van der Waals surface area contributed by atoms with E-state index in [1.807, 2.05) is 0 Å². The van der Waals surface area contributed by atoms with Gasteiger partial charge in [0.2, 0.25) is 0 Å². The third-order valence-corrected chi connectivity index (χ3v) is 3.52. The van der Waals surface area contributed by atoms with Crippen molar-refractivity contribution in [3.05, 3.63) is 50.5 Å². The molecule has 1 aromatic carbocycles. The van der Waals surface area contributed by atoms with E-state index in [1.54, 1.807) is 18.4 Å². The molecule has 0 aliphatic rings. The Morgan fingerprint density at radius 2 is 2.25 bits per heavy atom. The summed E-state index contributed by atoms with van der Waals surface area (Å²) in [6, 6.07) is 4.22. The molecule has 2 rings (SSSR count). The smallest absolute Gasteiger partial charge is 0.270 e. The van der Waals surface area contributed by atoms with Gasteiger partial charge in [0, 0.05) is 23.1 Å². The van der Waals surface area contributed by atoms with Crippen LogP contribution >= 0.6 is 22.9 Å². The van der Waals surface area contributed by atoms with Crippen LogP contribution < -0.4 is 5.32 Å². The number of rotatable bonds is 4. The molecule has 8 heteroatoms. The van der Waals surface area contributed by atoms with E-state index >= 15 is 0 Å². The van der Waals surface area contributed by atoms with E-state index in [0.717, 1.165) is 0 Å². The van der Waals surface area contributed by atoms with Crippen LogP contribution in [0, 0.1) is 17.0 Å². The van der Waals surface area contributed by atoms with Crippen molar-refractivity contribution in [2.24, 2.45) is 0 Å². The van der Waals surface area contributed by atoms with E-state index in [2.05, 4.69) is 10.3 Å². The van der Waals surface area contributed by atoms with Crippen molar-refractivity contribution < 1.29 is 9.72 Å². The summed E-state index contributed by atoms with van der Waals surface area (Å²) in [4.78, 5) is 26.4. The number of nitrogens with one attached hydrogen (secondary N) is 1. The van der Waals surface area contributed by atoms with E-state index < -0.39 is 10.8 Å². The van der Waals surface area contributed by atoms with Gasteiger partial charge in [0.05, 0.1) is 16.5 Å². The van der Waals surface area contributed by atoms with E-state index in [9.17, 15) is 14.9 Å². The summed E-state index contributed by atoms with van der Waals surface area (Å²) in [7, 11) is 0. The van der Waals surface area contributed by atoms with E-state index in [1.165, 1.54) is 23.5 Å². The molecule has 0 saturated heterocycles. The van der Waals surface area contributed by atoms with Crippen LogP contribution in [0.25, 0.3) is 0 Å². The van der Waals surface area contributed by atoms with Gasteiger partial charge >= 0.3 is 0 Å². The van der Waals surface area contributed by atoms with Crippen LogP contribution in [0.15, 0.2) is 23.6 Å². The van der Waals surface area contributed by atoms with Crippen molar-refractivity contribution in [3.8, 4) is 0 Å². The molecular weight excluding hydrogens is 302 g/mol. The lowest BCUT2D eigenvalue weighted by Gasteiger charge is -2.03. The summed E-state index contributed by atoms with van der Waals surface area (Å²) in [5.74, 6) is -0.172. The van der Waals surface area contributed by atoms with Crippen molar-refractivity contribution in [2.45, 2.75) is 12.8 Å². The minimum Gasteiger partial charge on any atom is -0.298 e. The maximum Gasteiger partial charge on any atom is 0.270 e. The van der Waals surface area contributed by atoms with Crippen molar-refractivity contribution in [1.29, 1.82) is 0 Å². The second-order valence-electron chi connectivity index (χ2n) is 4.05. The number of aryl methyl sites for hydroxylation is 1. The first kappa shape index (κ1) is 14.4. The van der Waals surface area contributed by atoms with Gasteiger partial charge in [-0.25, -0.2) is 4.98 Å². The number of alkyl halides is 1. The number of hydrogen-bond donors (Lipinski definition) is 1. The second kappa shape index (κ2) is 5.98. The van der Waals surface area contributed by atoms with Crippen LogP contribution in [-0.4, -0.2) is 15.8 Å². The summed E-state index contributed by atoms with van der Waals surface area (Å²) in [5.41, 5.74) is 1.42. The largest absolute Gasteiger partial charge is 0.298 e. The number of nitro groups is 1. The summed E-state index contributed by atoms with van der Waals surface area (Å²) in [6.07, 6.45) is 0. The van der Waals surface area contributed by atoms with Gasteiger partial charge in [0.1, 0.15) is 0 Å². The van der Waals surface area contributed by atoms with Crippen LogP contribution in [0.4, 0.5) is 10.8 Å². The fourth-order valence-electron chi connectivity index (χ4n) is 1.59. The standard InChI is InChI=1S/C12H10ClN3O3S/c1-7-2-8(4-10(3-7)16(18)19)11(17)15-12-14-9(5-13)6-20-12/h2-4,6H,5H2,1H3,(H,14,15,17). The topological polar surface area (TPSA) is 85.1 Å². The van der Waals surface area contributed by atoms with E-state index in [4.69, 9.17) is 11.6 Å². The normalized spacial score (nSPS) is 10.3. The number of carbonyl (C=O) groups excluding carboxylic acids is 1. The number of hydrogen-bond acceptors (Lipinski definition) is 5. The summed E-state index contributed by atoms with van der Waals surface area (Å²) < 4.78 is 0. The number of non-ortho nitro benzene ring substituents is 1. The average Bonchev–Trinajstić information content (AvgIpc) is 2.85. The zero-order valence-electron chi connectivity index (χ0n) is 10.4. The molecule has 0 aliphatic carbocycles. The van der Waals surface area contributed by atoms with Crippen molar-refractivity contribution in [1.82, 2.24) is 4.98 Å². The Morgan fingerprint density at radius 3 is 2.85 bits per heavy atom. The molecule has 1 N–H and O–H groups in total. The highest BCUT2D eigenvalue weighted by Gasteiger charge is 2.14. The lowest BCUT2D eigenvalue weighted by molar-refractivity contribution is -0.384. The molecular formula is C12H10ClN3O3S. The Labute approximate surface area is 123 Å².